The molecule has 188 valence electrons. The molecule has 0 bridgehead atoms. The van der Waals surface area contributed by atoms with Crippen LogP contribution in [0.5, 0.6) is 0 Å². The zero-order valence-electron chi connectivity index (χ0n) is 21.0. The fourth-order valence-corrected chi connectivity index (χ4v) is 5.07. The minimum atomic E-state index is -0.411. The number of nitrogens with one attached hydrogen (secondary N) is 2. The number of pyridine rings is 1. The largest absolute Gasteiger partial charge is 0.464 e. The van der Waals surface area contributed by atoms with Gasteiger partial charge in [-0.05, 0) is 80.8 Å². The van der Waals surface area contributed by atoms with Crippen LogP contribution in [-0.4, -0.2) is 49.1 Å². The first-order valence-corrected chi connectivity index (χ1v) is 13.5. The second kappa shape index (κ2) is 12.2. The molecule has 1 aromatic carbocycles. The highest BCUT2D eigenvalue weighted by atomic mass is 35.5. The Morgan fingerprint density at radius 3 is 2.66 bits per heavy atom. The molecule has 0 aliphatic heterocycles. The first-order valence-electron chi connectivity index (χ1n) is 11.4. The number of ether oxygens (including phenoxy) is 1. The summed E-state index contributed by atoms with van der Waals surface area (Å²) in [6.45, 7) is 8.78. The highest BCUT2D eigenvalue weighted by Gasteiger charge is 2.25. The Morgan fingerprint density at radius 2 is 1.97 bits per heavy atom. The lowest BCUT2D eigenvalue weighted by Gasteiger charge is -2.24. The van der Waals surface area contributed by atoms with E-state index < -0.39 is 5.41 Å². The standard InChI is InChI=1S/C26H33ClN4O2S2/c1-17(2)29-35-30-20-7-8-21(22(27)13-20)23-11-19(15-34-23)18-9-10-28-24(12-18)26(3,4)16-33-25(32)14-31(5)6/h7-13,15,17,29-30H,14,16H2,1-6H3. The smallest absolute Gasteiger partial charge is 0.320 e. The maximum Gasteiger partial charge on any atom is 0.320 e. The number of benzene rings is 1. The summed E-state index contributed by atoms with van der Waals surface area (Å²) in [7, 11) is 3.69. The van der Waals surface area contributed by atoms with Gasteiger partial charge in [-0.3, -0.25) is 14.7 Å². The molecule has 0 amide bonds. The van der Waals surface area contributed by atoms with Gasteiger partial charge in [0.15, 0.2) is 0 Å². The van der Waals surface area contributed by atoms with Gasteiger partial charge < -0.3 is 9.46 Å². The summed E-state index contributed by atoms with van der Waals surface area (Å²) in [5, 5.41) is 2.83. The van der Waals surface area contributed by atoms with Gasteiger partial charge in [0.25, 0.3) is 0 Å². The summed E-state index contributed by atoms with van der Waals surface area (Å²) in [4.78, 5) is 19.4. The maximum atomic E-state index is 12.0. The zero-order chi connectivity index (χ0) is 25.6. The molecule has 0 spiro atoms. The molecule has 2 heterocycles. The van der Waals surface area contributed by atoms with E-state index >= 15 is 0 Å². The number of halogens is 1. The Balaban J connectivity index is 1.73. The molecular weight excluding hydrogens is 500 g/mol. The van der Waals surface area contributed by atoms with Crippen LogP contribution in [0.15, 0.2) is 48.0 Å². The predicted molar refractivity (Wildman–Crippen MR) is 150 cm³/mol. The average molecular weight is 533 g/mol. The molecule has 2 N–H and O–H groups in total. The van der Waals surface area contributed by atoms with Crippen molar-refractivity contribution in [1.82, 2.24) is 14.6 Å². The number of carbonyl (C=O) groups excluding carboxylic acids is 1. The van der Waals surface area contributed by atoms with Crippen LogP contribution in [0, 0.1) is 0 Å². The summed E-state index contributed by atoms with van der Waals surface area (Å²) in [6, 6.07) is 12.6. The predicted octanol–water partition coefficient (Wildman–Crippen LogP) is 6.49. The number of carbonyl (C=O) groups is 1. The van der Waals surface area contributed by atoms with Gasteiger partial charge in [0, 0.05) is 51.6 Å². The lowest BCUT2D eigenvalue weighted by molar-refractivity contribution is -0.146. The Kier molecular flexibility index (Phi) is 9.61. The molecule has 6 nitrogen and oxygen atoms in total. The molecule has 0 saturated heterocycles. The monoisotopic (exact) mass is 532 g/mol. The van der Waals surface area contributed by atoms with Crippen LogP contribution in [0.4, 0.5) is 5.69 Å². The maximum absolute atomic E-state index is 12.0. The molecule has 0 aliphatic carbocycles. The van der Waals surface area contributed by atoms with E-state index in [1.54, 1.807) is 16.2 Å². The van der Waals surface area contributed by atoms with Gasteiger partial charge >= 0.3 is 5.97 Å². The number of rotatable bonds is 11. The van der Waals surface area contributed by atoms with Gasteiger partial charge in [-0.25, -0.2) is 4.72 Å². The highest BCUT2D eigenvalue weighted by molar-refractivity contribution is 7.98. The van der Waals surface area contributed by atoms with Gasteiger partial charge in [-0.1, -0.05) is 25.4 Å². The van der Waals surface area contributed by atoms with Crippen LogP contribution >= 0.6 is 35.1 Å². The van der Waals surface area contributed by atoms with Gasteiger partial charge in [-0.15, -0.1) is 11.3 Å². The molecule has 3 aromatic rings. The van der Waals surface area contributed by atoms with Crippen LogP contribution in [0.1, 0.15) is 33.4 Å². The number of esters is 1. The van der Waals surface area contributed by atoms with E-state index in [9.17, 15) is 4.79 Å². The zero-order valence-corrected chi connectivity index (χ0v) is 23.4. The van der Waals surface area contributed by atoms with Crippen molar-refractivity contribution < 1.29 is 9.53 Å². The number of nitrogens with zero attached hydrogens (tertiary/aromatic N) is 2. The van der Waals surface area contributed by atoms with E-state index in [1.165, 1.54) is 12.1 Å². The molecular formula is C26H33ClN4O2S2. The van der Waals surface area contributed by atoms with Gasteiger partial charge in [0.1, 0.15) is 6.61 Å². The first kappa shape index (κ1) is 27.5. The lowest BCUT2D eigenvalue weighted by Crippen LogP contribution is -2.31. The van der Waals surface area contributed by atoms with Crippen molar-refractivity contribution >= 4 is 46.7 Å². The quantitative estimate of drug-likeness (QED) is 0.216. The van der Waals surface area contributed by atoms with Crippen LogP contribution in [0.3, 0.4) is 0 Å². The third kappa shape index (κ3) is 7.95. The first-order chi connectivity index (χ1) is 16.5. The number of hydrogen-bond acceptors (Lipinski definition) is 8. The number of hydrogen-bond donors (Lipinski definition) is 2. The molecule has 0 atom stereocenters. The van der Waals surface area contributed by atoms with Crippen molar-refractivity contribution in [1.29, 1.82) is 0 Å². The molecule has 0 aliphatic rings. The second-order valence-corrected chi connectivity index (χ2v) is 11.5. The van der Waals surface area contributed by atoms with Crippen molar-refractivity contribution in [2.45, 2.75) is 39.2 Å². The van der Waals surface area contributed by atoms with Crippen LogP contribution < -0.4 is 9.44 Å². The summed E-state index contributed by atoms with van der Waals surface area (Å²) >= 11 is 9.72. The van der Waals surface area contributed by atoms with E-state index in [0.717, 1.165) is 32.9 Å². The summed E-state index contributed by atoms with van der Waals surface area (Å²) in [5.41, 5.74) is 4.57. The molecule has 0 unspecified atom stereocenters. The molecule has 0 radical (unpaired) electrons. The summed E-state index contributed by atoms with van der Waals surface area (Å²) in [5.74, 6) is -0.241. The average Bonchev–Trinajstić information content (AvgIpc) is 3.27. The Morgan fingerprint density at radius 1 is 1.20 bits per heavy atom. The number of likely N-dealkylation sites (N-methyl/N-ethyl adjacent to an activating group) is 1. The number of aromatic nitrogens is 1. The normalized spacial score (nSPS) is 11.8. The molecule has 3 rings (SSSR count). The Bertz CT molecular complexity index is 1150. The van der Waals surface area contributed by atoms with E-state index in [1.807, 2.05) is 58.4 Å². The van der Waals surface area contributed by atoms with Crippen molar-refractivity contribution in [3.63, 3.8) is 0 Å². The van der Waals surface area contributed by atoms with Crippen LogP contribution in [-0.2, 0) is 14.9 Å². The van der Waals surface area contributed by atoms with E-state index in [0.29, 0.717) is 11.1 Å². The van der Waals surface area contributed by atoms with Crippen molar-refractivity contribution in [2.24, 2.45) is 0 Å². The van der Waals surface area contributed by atoms with Gasteiger partial charge in [-0.2, -0.15) is 0 Å². The summed E-state index contributed by atoms with van der Waals surface area (Å²) in [6.07, 6.45) is 1.81. The molecule has 0 saturated carbocycles. The van der Waals surface area contributed by atoms with E-state index in [2.05, 4.69) is 45.8 Å². The highest BCUT2D eigenvalue weighted by Crippen LogP contribution is 2.38. The SMILES string of the molecule is CC(C)NSNc1ccc(-c2cc(-c3ccnc(C(C)(C)COC(=O)CN(C)C)c3)cs2)c(Cl)c1. The number of anilines is 1. The molecule has 9 heteroatoms. The van der Waals surface area contributed by atoms with E-state index in [-0.39, 0.29) is 19.1 Å². The van der Waals surface area contributed by atoms with Crippen molar-refractivity contribution in [2.75, 3.05) is 32.0 Å². The fraction of sp³-hybridized carbons (Fsp3) is 0.385. The minimum absolute atomic E-state index is 0.241. The minimum Gasteiger partial charge on any atom is -0.464 e. The molecule has 0 fully saturated rings. The van der Waals surface area contributed by atoms with Gasteiger partial charge in [0.2, 0.25) is 0 Å². The third-order valence-corrected chi connectivity index (χ3v) is 7.33. The van der Waals surface area contributed by atoms with Gasteiger partial charge in [0.05, 0.1) is 11.6 Å². The number of thiophene rings is 1. The Hall–Kier alpha value is -2.10. The van der Waals surface area contributed by atoms with Crippen LogP contribution in [0.25, 0.3) is 21.6 Å². The molecule has 35 heavy (non-hydrogen) atoms. The topological polar surface area (TPSA) is 66.5 Å². The summed E-state index contributed by atoms with van der Waals surface area (Å²) < 4.78 is 12.0. The van der Waals surface area contributed by atoms with E-state index in [4.69, 9.17) is 16.3 Å². The third-order valence-electron chi connectivity index (χ3n) is 5.12. The lowest BCUT2D eigenvalue weighted by atomic mass is 9.88. The second-order valence-electron chi connectivity index (χ2n) is 9.58. The van der Waals surface area contributed by atoms with Crippen molar-refractivity contribution in [3.8, 4) is 21.6 Å². The fourth-order valence-electron chi connectivity index (χ4n) is 3.23. The Labute approximate surface area is 221 Å². The van der Waals surface area contributed by atoms with Crippen LogP contribution in [0.2, 0.25) is 5.02 Å². The van der Waals surface area contributed by atoms with Crippen molar-refractivity contribution in [3.05, 3.63) is 58.7 Å². The molecule has 2 aromatic heterocycles.